The average molecular weight is 390 g/mol. The second-order valence-corrected chi connectivity index (χ2v) is 6.43. The van der Waals surface area contributed by atoms with Crippen LogP contribution in [0.25, 0.3) is 11.3 Å². The van der Waals surface area contributed by atoms with Crippen LogP contribution in [0.15, 0.2) is 53.9 Å². The second kappa shape index (κ2) is 7.94. The van der Waals surface area contributed by atoms with Crippen molar-refractivity contribution < 1.29 is 14.5 Å². The van der Waals surface area contributed by atoms with Crippen molar-refractivity contribution in [3.8, 4) is 17.0 Å². The molecule has 0 atom stereocenters. The Hall–Kier alpha value is -2.97. The standard InChI is InChI=1S/C17H12ClN3O4S/c18-12-3-7-14(8-4-12)25-9-16(22)20-17-19-15(10-26-17)11-1-5-13(6-2-11)21(23)24/h1-8,10H,9H2,(H,19,20,22). The van der Waals surface area contributed by atoms with Gasteiger partial charge < -0.3 is 4.74 Å². The fourth-order valence-corrected chi connectivity index (χ4v) is 2.91. The minimum absolute atomic E-state index is 0.0110. The SMILES string of the molecule is O=C(COc1ccc(Cl)cc1)Nc1nc(-c2ccc([N+](=O)[O-])cc2)cs1. The Kier molecular flexibility index (Phi) is 5.45. The van der Waals surface area contributed by atoms with Crippen LogP contribution in [0.1, 0.15) is 0 Å². The molecule has 26 heavy (non-hydrogen) atoms. The Balaban J connectivity index is 1.58. The summed E-state index contributed by atoms with van der Waals surface area (Å²) in [5.41, 5.74) is 1.36. The van der Waals surface area contributed by atoms with Crippen molar-refractivity contribution in [1.82, 2.24) is 4.98 Å². The molecule has 1 heterocycles. The lowest BCUT2D eigenvalue weighted by Crippen LogP contribution is -2.20. The van der Waals surface area contributed by atoms with E-state index in [2.05, 4.69) is 10.3 Å². The fourth-order valence-electron chi connectivity index (χ4n) is 2.05. The van der Waals surface area contributed by atoms with E-state index in [1.165, 1.54) is 23.5 Å². The molecular formula is C17H12ClN3O4S. The minimum Gasteiger partial charge on any atom is -0.484 e. The van der Waals surface area contributed by atoms with E-state index in [0.717, 1.165) is 5.56 Å². The highest BCUT2D eigenvalue weighted by atomic mass is 35.5. The summed E-state index contributed by atoms with van der Waals surface area (Å²) in [7, 11) is 0. The number of benzene rings is 2. The number of non-ortho nitro benzene ring substituents is 1. The third-order valence-electron chi connectivity index (χ3n) is 3.31. The molecule has 0 bridgehead atoms. The van der Waals surface area contributed by atoms with Gasteiger partial charge in [-0.05, 0) is 36.4 Å². The number of nitrogens with zero attached hydrogens (tertiary/aromatic N) is 2. The van der Waals surface area contributed by atoms with Gasteiger partial charge >= 0.3 is 0 Å². The second-order valence-electron chi connectivity index (χ2n) is 5.13. The largest absolute Gasteiger partial charge is 0.484 e. The summed E-state index contributed by atoms with van der Waals surface area (Å²) < 4.78 is 5.36. The number of amides is 1. The van der Waals surface area contributed by atoms with Crippen molar-refractivity contribution in [1.29, 1.82) is 0 Å². The topological polar surface area (TPSA) is 94.4 Å². The highest BCUT2D eigenvalue weighted by Gasteiger charge is 2.10. The van der Waals surface area contributed by atoms with Crippen LogP contribution in [0.5, 0.6) is 5.75 Å². The van der Waals surface area contributed by atoms with Crippen molar-refractivity contribution in [2.75, 3.05) is 11.9 Å². The number of nitro groups is 1. The van der Waals surface area contributed by atoms with Gasteiger partial charge in [0.1, 0.15) is 5.75 Å². The van der Waals surface area contributed by atoms with E-state index in [0.29, 0.717) is 21.6 Å². The molecule has 0 radical (unpaired) electrons. The zero-order valence-electron chi connectivity index (χ0n) is 13.2. The molecule has 2 aromatic carbocycles. The summed E-state index contributed by atoms with van der Waals surface area (Å²) in [5, 5.41) is 16.1. The van der Waals surface area contributed by atoms with E-state index in [1.807, 2.05) is 0 Å². The van der Waals surface area contributed by atoms with E-state index in [4.69, 9.17) is 16.3 Å². The monoisotopic (exact) mass is 389 g/mol. The lowest BCUT2D eigenvalue weighted by atomic mass is 10.1. The number of nitro benzene ring substituents is 1. The number of ether oxygens (including phenoxy) is 1. The van der Waals surface area contributed by atoms with E-state index in [-0.39, 0.29) is 18.2 Å². The summed E-state index contributed by atoms with van der Waals surface area (Å²) >= 11 is 7.04. The molecule has 0 saturated heterocycles. The number of halogens is 1. The highest BCUT2D eigenvalue weighted by molar-refractivity contribution is 7.14. The van der Waals surface area contributed by atoms with Crippen molar-refractivity contribution in [3.63, 3.8) is 0 Å². The first-order valence-corrected chi connectivity index (χ1v) is 8.65. The summed E-state index contributed by atoms with van der Waals surface area (Å²) in [6.45, 7) is -0.159. The smallest absolute Gasteiger partial charge is 0.269 e. The van der Waals surface area contributed by atoms with E-state index < -0.39 is 4.92 Å². The van der Waals surface area contributed by atoms with Crippen LogP contribution in [0, 0.1) is 10.1 Å². The Morgan fingerprint density at radius 3 is 2.54 bits per heavy atom. The molecule has 3 aromatic rings. The zero-order valence-corrected chi connectivity index (χ0v) is 14.8. The van der Waals surface area contributed by atoms with Gasteiger partial charge in [0.15, 0.2) is 11.7 Å². The Labute approximate surface area is 157 Å². The van der Waals surface area contributed by atoms with Crippen LogP contribution < -0.4 is 10.1 Å². The van der Waals surface area contributed by atoms with Crippen molar-refractivity contribution >= 4 is 39.7 Å². The van der Waals surface area contributed by atoms with Gasteiger partial charge in [-0.15, -0.1) is 11.3 Å². The number of nitrogens with one attached hydrogen (secondary N) is 1. The predicted octanol–water partition coefficient (Wildman–Crippen LogP) is 4.39. The van der Waals surface area contributed by atoms with E-state index in [1.54, 1.807) is 41.8 Å². The molecule has 1 amide bonds. The maximum absolute atomic E-state index is 11.9. The van der Waals surface area contributed by atoms with Gasteiger partial charge in [0, 0.05) is 28.1 Å². The molecular weight excluding hydrogens is 378 g/mol. The Bertz CT molecular complexity index is 926. The molecule has 0 aliphatic carbocycles. The predicted molar refractivity (Wildman–Crippen MR) is 99.8 cm³/mol. The van der Waals surface area contributed by atoms with Crippen molar-refractivity contribution in [2.24, 2.45) is 0 Å². The zero-order chi connectivity index (χ0) is 18.5. The number of aromatic nitrogens is 1. The summed E-state index contributed by atoms with van der Waals surface area (Å²) in [6.07, 6.45) is 0. The number of hydrogen-bond acceptors (Lipinski definition) is 6. The first-order valence-electron chi connectivity index (χ1n) is 7.40. The summed E-state index contributed by atoms with van der Waals surface area (Å²) in [5.74, 6) is 0.194. The molecule has 9 heteroatoms. The molecule has 1 N–H and O–H groups in total. The van der Waals surface area contributed by atoms with Crippen molar-refractivity contribution in [3.05, 3.63) is 69.0 Å². The third kappa shape index (κ3) is 4.56. The summed E-state index contributed by atoms with van der Waals surface area (Å²) in [4.78, 5) is 26.5. The molecule has 0 aliphatic heterocycles. The van der Waals surface area contributed by atoms with Gasteiger partial charge in [-0.1, -0.05) is 11.6 Å². The van der Waals surface area contributed by atoms with Gasteiger partial charge in [-0.2, -0.15) is 0 Å². The first-order chi connectivity index (χ1) is 12.5. The molecule has 0 unspecified atom stereocenters. The first kappa shape index (κ1) is 17.8. The molecule has 0 aliphatic rings. The van der Waals surface area contributed by atoms with Crippen LogP contribution in [0.4, 0.5) is 10.8 Å². The number of thiazole rings is 1. The summed E-state index contributed by atoms with van der Waals surface area (Å²) in [6, 6.07) is 12.7. The lowest BCUT2D eigenvalue weighted by molar-refractivity contribution is -0.384. The Morgan fingerprint density at radius 2 is 1.88 bits per heavy atom. The molecule has 0 saturated carbocycles. The van der Waals surface area contributed by atoms with Gasteiger partial charge in [-0.25, -0.2) is 4.98 Å². The van der Waals surface area contributed by atoms with Gasteiger partial charge in [-0.3, -0.25) is 20.2 Å². The lowest BCUT2D eigenvalue weighted by Gasteiger charge is -2.05. The van der Waals surface area contributed by atoms with Crippen molar-refractivity contribution in [2.45, 2.75) is 0 Å². The van der Waals surface area contributed by atoms with Crippen LogP contribution in [0.2, 0.25) is 5.02 Å². The molecule has 7 nitrogen and oxygen atoms in total. The molecule has 132 valence electrons. The third-order valence-corrected chi connectivity index (χ3v) is 4.32. The van der Waals surface area contributed by atoms with Gasteiger partial charge in [0.05, 0.1) is 10.6 Å². The normalized spacial score (nSPS) is 10.3. The number of carbonyl (C=O) groups excluding carboxylic acids is 1. The van der Waals surface area contributed by atoms with Crippen LogP contribution in [-0.4, -0.2) is 22.4 Å². The number of rotatable bonds is 6. The Morgan fingerprint density at radius 1 is 1.19 bits per heavy atom. The van der Waals surface area contributed by atoms with Gasteiger partial charge in [0.2, 0.25) is 0 Å². The quantitative estimate of drug-likeness (QED) is 0.498. The molecule has 0 fully saturated rings. The number of hydrogen-bond donors (Lipinski definition) is 1. The highest BCUT2D eigenvalue weighted by Crippen LogP contribution is 2.26. The maximum Gasteiger partial charge on any atom is 0.269 e. The molecule has 3 rings (SSSR count). The molecule has 1 aromatic heterocycles. The minimum atomic E-state index is -0.461. The van der Waals surface area contributed by atoms with E-state index in [9.17, 15) is 14.9 Å². The molecule has 0 spiro atoms. The number of carbonyl (C=O) groups is 1. The van der Waals surface area contributed by atoms with Crippen LogP contribution >= 0.6 is 22.9 Å². The van der Waals surface area contributed by atoms with Crippen LogP contribution in [-0.2, 0) is 4.79 Å². The fraction of sp³-hybridized carbons (Fsp3) is 0.0588. The number of anilines is 1. The van der Waals surface area contributed by atoms with E-state index >= 15 is 0 Å². The van der Waals surface area contributed by atoms with Gasteiger partial charge in [0.25, 0.3) is 11.6 Å². The maximum atomic E-state index is 11.9. The van der Waals surface area contributed by atoms with Crippen LogP contribution in [0.3, 0.4) is 0 Å². The average Bonchev–Trinajstić information content (AvgIpc) is 3.10.